The predicted octanol–water partition coefficient (Wildman–Crippen LogP) is 7.48. The van der Waals surface area contributed by atoms with E-state index >= 15 is 0 Å². The van der Waals surface area contributed by atoms with Gasteiger partial charge in [0.1, 0.15) is 0 Å². The van der Waals surface area contributed by atoms with Crippen molar-refractivity contribution in [3.8, 4) is 0 Å². The van der Waals surface area contributed by atoms with Gasteiger partial charge in [-0.1, -0.05) is 48.6 Å². The number of benzene rings is 5. The molecule has 0 saturated carbocycles. The quantitative estimate of drug-likeness (QED) is 0.156. The maximum atomic E-state index is 14.1. The molecule has 0 unspecified atom stereocenters. The summed E-state index contributed by atoms with van der Waals surface area (Å²) in [5, 5.41) is 3.74. The van der Waals surface area contributed by atoms with Gasteiger partial charge in [0.15, 0.2) is 0 Å². The second-order valence-corrected chi connectivity index (χ2v) is 12.9. The number of anilines is 2. The van der Waals surface area contributed by atoms with Gasteiger partial charge in [-0.15, -0.1) is 0 Å². The molecule has 222 valence electrons. The molecule has 5 aromatic carbocycles. The third-order valence-electron chi connectivity index (χ3n) is 10.2. The highest BCUT2D eigenvalue weighted by Crippen LogP contribution is 2.50. The van der Waals surface area contributed by atoms with Crippen molar-refractivity contribution in [2.24, 2.45) is 0 Å². The van der Waals surface area contributed by atoms with Gasteiger partial charge >= 0.3 is 0 Å². The van der Waals surface area contributed by atoms with Crippen LogP contribution in [0.15, 0.2) is 72.8 Å². The molecule has 0 spiro atoms. The molecule has 5 aromatic rings. The molecular formula is C40H28N2O4. The number of carbonyl (C=O) groups is 4. The van der Waals surface area contributed by atoms with E-state index in [9.17, 15) is 19.2 Å². The van der Waals surface area contributed by atoms with E-state index in [1.165, 1.54) is 9.80 Å². The van der Waals surface area contributed by atoms with Crippen molar-refractivity contribution in [2.75, 3.05) is 9.80 Å². The van der Waals surface area contributed by atoms with Crippen molar-refractivity contribution >= 4 is 67.7 Å². The van der Waals surface area contributed by atoms with E-state index in [-0.39, 0.29) is 23.6 Å². The van der Waals surface area contributed by atoms with E-state index in [2.05, 4.69) is 0 Å². The number of nitrogens with zero attached hydrogens (tertiary/aromatic N) is 2. The first-order valence-electron chi connectivity index (χ1n) is 15.6. The van der Waals surface area contributed by atoms with E-state index in [1.807, 2.05) is 101 Å². The molecule has 0 N–H and O–H groups in total. The maximum absolute atomic E-state index is 14.1. The Hall–Kier alpha value is -5.62. The second-order valence-electron chi connectivity index (χ2n) is 12.9. The van der Waals surface area contributed by atoms with E-state index < -0.39 is 0 Å². The normalized spacial score (nSPS) is 16.4. The summed E-state index contributed by atoms with van der Waals surface area (Å²) in [5.74, 6) is -1.28. The van der Waals surface area contributed by atoms with E-state index in [0.29, 0.717) is 57.6 Å². The summed E-state index contributed by atoms with van der Waals surface area (Å²) in [6.07, 6.45) is 4.86. The summed E-state index contributed by atoms with van der Waals surface area (Å²) in [6, 6.07) is 19.2. The van der Waals surface area contributed by atoms with Crippen LogP contribution in [0.25, 0.3) is 32.7 Å². The topological polar surface area (TPSA) is 74.8 Å². The smallest absolute Gasteiger partial charge is 0.265 e. The standard InChI is InChI=1S/C40H28N2O4/c1-19-5-7-21(3)31(17-19)41-37(43)27-13-9-23-25-11-15-29-36-30(40(46)42(39(29)45)32-18-20(2)6-8-22(32)4)16-12-26(34(25)36)24-10-14-28(38(41)44)35(27)33(23)24/h5-9,12-18H,10-11H2,1-4H3. The largest absolute Gasteiger partial charge is 0.268 e. The minimum absolute atomic E-state index is 0.312. The minimum Gasteiger partial charge on any atom is -0.268 e. The lowest BCUT2D eigenvalue weighted by atomic mass is 9.74. The Morgan fingerprint density at radius 3 is 1.33 bits per heavy atom. The highest BCUT2D eigenvalue weighted by molar-refractivity contribution is 6.45. The fraction of sp³-hybridized carbons (Fsp3) is 0.150. The van der Waals surface area contributed by atoms with E-state index in [0.717, 1.165) is 54.9 Å². The Morgan fingerprint density at radius 2 is 0.913 bits per heavy atom. The third-order valence-corrected chi connectivity index (χ3v) is 10.2. The SMILES string of the molecule is Cc1ccc(C)c(N2C(=O)C3=CCc4c5ccc6c7c5c(c5ccc(c3c45)C2=O)CC=C7C(=O)N(c2cc(C)ccc2C)C6=O)c1. The first-order valence-corrected chi connectivity index (χ1v) is 15.6. The lowest BCUT2D eigenvalue weighted by molar-refractivity contribution is -0.113. The Morgan fingerprint density at radius 1 is 0.500 bits per heavy atom. The van der Waals surface area contributed by atoms with Crippen molar-refractivity contribution in [1.82, 2.24) is 0 Å². The van der Waals surface area contributed by atoms with Gasteiger partial charge in [-0.3, -0.25) is 19.2 Å². The molecule has 2 heterocycles. The molecule has 0 fully saturated rings. The number of allylic oxidation sites excluding steroid dienone is 2. The highest BCUT2D eigenvalue weighted by Gasteiger charge is 2.42. The van der Waals surface area contributed by atoms with Crippen LogP contribution in [0.1, 0.15) is 65.2 Å². The van der Waals surface area contributed by atoms with Crippen LogP contribution in [0.5, 0.6) is 0 Å². The van der Waals surface area contributed by atoms with Gasteiger partial charge in [0.2, 0.25) is 0 Å². The molecule has 0 radical (unpaired) electrons. The maximum Gasteiger partial charge on any atom is 0.265 e. The molecule has 0 bridgehead atoms. The van der Waals surface area contributed by atoms with Crippen molar-refractivity contribution in [3.05, 3.63) is 128 Å². The summed E-state index contributed by atoms with van der Waals surface area (Å²) in [7, 11) is 0. The molecule has 2 aliphatic carbocycles. The third kappa shape index (κ3) is 3.25. The molecule has 46 heavy (non-hydrogen) atoms. The van der Waals surface area contributed by atoms with Crippen molar-refractivity contribution < 1.29 is 19.2 Å². The van der Waals surface area contributed by atoms with E-state index in [4.69, 9.17) is 0 Å². The first-order chi connectivity index (χ1) is 22.2. The van der Waals surface area contributed by atoms with Crippen LogP contribution in [-0.4, -0.2) is 23.6 Å². The molecule has 6 nitrogen and oxygen atoms in total. The molecule has 0 atom stereocenters. The molecule has 4 amide bonds. The molecule has 0 saturated heterocycles. The van der Waals surface area contributed by atoms with Gasteiger partial charge in [0.25, 0.3) is 23.6 Å². The van der Waals surface area contributed by atoms with Crippen LogP contribution in [0.3, 0.4) is 0 Å². The lowest BCUT2D eigenvalue weighted by Gasteiger charge is -2.35. The number of imide groups is 2. The zero-order chi connectivity index (χ0) is 31.8. The van der Waals surface area contributed by atoms with Crippen LogP contribution in [0.2, 0.25) is 0 Å². The molecule has 9 rings (SSSR count). The Balaban J connectivity index is 1.28. The van der Waals surface area contributed by atoms with E-state index in [1.54, 1.807) is 0 Å². The lowest BCUT2D eigenvalue weighted by Crippen LogP contribution is -2.43. The second kappa shape index (κ2) is 8.98. The average Bonchev–Trinajstić information content (AvgIpc) is 3.05. The summed E-state index contributed by atoms with van der Waals surface area (Å²) in [5.41, 5.74) is 10.4. The molecular weight excluding hydrogens is 572 g/mol. The van der Waals surface area contributed by atoms with Crippen LogP contribution < -0.4 is 9.80 Å². The number of rotatable bonds is 2. The average molecular weight is 601 g/mol. The van der Waals surface area contributed by atoms with Gasteiger partial charge in [-0.05, 0) is 120 Å². The number of aryl methyl sites for hydroxylation is 4. The highest BCUT2D eigenvalue weighted by atomic mass is 16.2. The Labute approximate surface area is 265 Å². The number of hydrogen-bond acceptors (Lipinski definition) is 4. The molecule has 2 aliphatic heterocycles. The van der Waals surface area contributed by atoms with Crippen molar-refractivity contribution in [3.63, 3.8) is 0 Å². The van der Waals surface area contributed by atoms with Crippen molar-refractivity contribution in [1.29, 1.82) is 0 Å². The Bertz CT molecular complexity index is 2270. The van der Waals surface area contributed by atoms with Crippen LogP contribution >= 0.6 is 0 Å². The van der Waals surface area contributed by atoms with Gasteiger partial charge in [-0.2, -0.15) is 0 Å². The fourth-order valence-corrected chi connectivity index (χ4v) is 7.97. The first kappa shape index (κ1) is 26.8. The number of hydrogen-bond donors (Lipinski definition) is 0. The minimum atomic E-state index is -0.329. The summed E-state index contributed by atoms with van der Waals surface area (Å²) in [6.45, 7) is 7.73. The number of fused-ring (bicyclic) bond motifs is 2. The van der Waals surface area contributed by atoms with Gasteiger partial charge in [0.05, 0.1) is 11.4 Å². The molecule has 4 aliphatic rings. The molecule has 6 heteroatoms. The van der Waals surface area contributed by atoms with Crippen LogP contribution in [-0.2, 0) is 22.4 Å². The molecule has 0 aromatic heterocycles. The summed E-state index contributed by atoms with van der Waals surface area (Å²) >= 11 is 0. The summed E-state index contributed by atoms with van der Waals surface area (Å²) < 4.78 is 0. The van der Waals surface area contributed by atoms with Gasteiger partial charge < -0.3 is 0 Å². The van der Waals surface area contributed by atoms with Crippen molar-refractivity contribution in [2.45, 2.75) is 40.5 Å². The fourth-order valence-electron chi connectivity index (χ4n) is 7.97. The monoisotopic (exact) mass is 600 g/mol. The van der Waals surface area contributed by atoms with Crippen LogP contribution in [0.4, 0.5) is 11.4 Å². The van der Waals surface area contributed by atoms with Gasteiger partial charge in [0, 0.05) is 33.4 Å². The van der Waals surface area contributed by atoms with Gasteiger partial charge in [-0.25, -0.2) is 9.80 Å². The zero-order valence-electron chi connectivity index (χ0n) is 25.9. The number of amides is 4. The van der Waals surface area contributed by atoms with Crippen LogP contribution in [0, 0.1) is 27.7 Å². The predicted molar refractivity (Wildman–Crippen MR) is 180 cm³/mol. The number of carbonyl (C=O) groups excluding carboxylic acids is 4. The summed E-state index contributed by atoms with van der Waals surface area (Å²) in [4.78, 5) is 59.0. The Kier molecular flexibility index (Phi) is 5.22. The zero-order valence-corrected chi connectivity index (χ0v) is 25.9.